The van der Waals surface area contributed by atoms with Gasteiger partial charge in [0.1, 0.15) is 0 Å². The van der Waals surface area contributed by atoms with Gasteiger partial charge in [0.25, 0.3) is 0 Å². The topological polar surface area (TPSA) is 20.2 Å². The summed E-state index contributed by atoms with van der Waals surface area (Å²) in [6, 6.07) is 0. The Hall–Kier alpha value is -0.300. The Kier molecular flexibility index (Phi) is 2.92. The predicted octanol–water partition coefficient (Wildman–Crippen LogP) is 1.97. The maximum absolute atomic E-state index is 8.83. The summed E-state index contributed by atoms with van der Waals surface area (Å²) in [4.78, 5) is 0. The molecule has 0 saturated carbocycles. The van der Waals surface area contributed by atoms with E-state index in [0.29, 0.717) is 0 Å². The maximum atomic E-state index is 8.83. The van der Waals surface area contributed by atoms with Crippen molar-refractivity contribution < 1.29 is 5.11 Å². The zero-order valence-corrected chi connectivity index (χ0v) is 6.68. The van der Waals surface area contributed by atoms with Crippen LogP contribution in [-0.2, 0) is 0 Å². The maximum Gasteiger partial charge on any atom is 0.0692 e. The molecule has 1 N–H and O–H groups in total. The first-order chi connectivity index (χ1) is 3.92. The first-order valence-electron chi connectivity index (χ1n) is 3.29. The summed E-state index contributed by atoms with van der Waals surface area (Å²) in [5.74, 6) is 0. The molecule has 0 rings (SSSR count). The fraction of sp³-hybridized carbons (Fsp3) is 0.750. The zero-order valence-electron chi connectivity index (χ0n) is 6.68. The monoisotopic (exact) mass is 128 g/mol. The van der Waals surface area contributed by atoms with Crippen molar-refractivity contribution in [2.45, 2.75) is 33.8 Å². The van der Waals surface area contributed by atoms with Crippen LogP contribution in [0.2, 0.25) is 0 Å². The molecule has 0 amide bonds. The first-order valence-corrected chi connectivity index (χ1v) is 3.29. The average molecular weight is 128 g/mol. The van der Waals surface area contributed by atoms with Gasteiger partial charge in [-0.05, 0) is 12.3 Å². The first kappa shape index (κ1) is 8.70. The summed E-state index contributed by atoms with van der Waals surface area (Å²) < 4.78 is 0. The number of hydrogen-bond acceptors (Lipinski definition) is 1. The van der Waals surface area contributed by atoms with E-state index in [4.69, 9.17) is 5.11 Å². The molecule has 1 heteroatoms. The van der Waals surface area contributed by atoms with Crippen LogP contribution in [0, 0.1) is 5.41 Å². The van der Waals surface area contributed by atoms with Crippen molar-refractivity contribution in [1.29, 1.82) is 0 Å². The highest BCUT2D eigenvalue weighted by Crippen LogP contribution is 2.14. The summed E-state index contributed by atoms with van der Waals surface area (Å²) in [6.07, 6.45) is 3.50. The normalized spacial score (nSPS) is 16.6. The number of aliphatic hydroxyl groups is 1. The second-order valence-electron chi connectivity index (χ2n) is 3.47. The van der Waals surface area contributed by atoms with Crippen LogP contribution in [0.4, 0.5) is 0 Å². The van der Waals surface area contributed by atoms with Gasteiger partial charge in [-0.15, -0.1) is 0 Å². The van der Waals surface area contributed by atoms with Gasteiger partial charge in [0.2, 0.25) is 0 Å². The lowest BCUT2D eigenvalue weighted by atomic mass is 9.96. The summed E-state index contributed by atoms with van der Waals surface area (Å²) in [6.45, 7) is 8.06. The minimum absolute atomic E-state index is 0.191. The number of aliphatic hydroxyl groups excluding tert-OH is 1. The lowest BCUT2D eigenvalue weighted by Crippen LogP contribution is -2.01. The third-order valence-corrected chi connectivity index (χ3v) is 0.875. The molecule has 0 heterocycles. The summed E-state index contributed by atoms with van der Waals surface area (Å²) in [5, 5.41) is 8.83. The molecule has 9 heavy (non-hydrogen) atoms. The largest absolute Gasteiger partial charge is 0.389 e. The van der Waals surface area contributed by atoms with E-state index in [1.807, 2.05) is 6.08 Å². The molecular weight excluding hydrogens is 112 g/mol. The molecule has 0 aromatic rings. The second-order valence-corrected chi connectivity index (χ2v) is 3.47. The quantitative estimate of drug-likeness (QED) is 0.535. The van der Waals surface area contributed by atoms with Gasteiger partial charge in [-0.3, -0.25) is 0 Å². The average Bonchev–Trinajstić information content (AvgIpc) is 1.59. The van der Waals surface area contributed by atoms with Gasteiger partial charge in [0, 0.05) is 0 Å². The van der Waals surface area contributed by atoms with Crippen LogP contribution in [0.5, 0.6) is 0 Å². The van der Waals surface area contributed by atoms with Crippen molar-refractivity contribution in [2.75, 3.05) is 0 Å². The van der Waals surface area contributed by atoms with Crippen LogP contribution in [0.3, 0.4) is 0 Å². The van der Waals surface area contributed by atoms with Crippen LogP contribution in [-0.4, -0.2) is 11.2 Å². The van der Waals surface area contributed by atoms with E-state index < -0.39 is 0 Å². The molecule has 54 valence electrons. The van der Waals surface area contributed by atoms with E-state index in [0.717, 1.165) is 0 Å². The van der Waals surface area contributed by atoms with E-state index in [1.54, 1.807) is 13.0 Å². The highest BCUT2D eigenvalue weighted by molar-refractivity contribution is 4.94. The fourth-order valence-corrected chi connectivity index (χ4v) is 0.428. The molecule has 0 aliphatic heterocycles. The Bertz CT molecular complexity index is 95.6. The Morgan fingerprint density at radius 1 is 1.33 bits per heavy atom. The van der Waals surface area contributed by atoms with Crippen molar-refractivity contribution in [3.63, 3.8) is 0 Å². The molecule has 0 aromatic heterocycles. The number of hydrogen-bond donors (Lipinski definition) is 1. The van der Waals surface area contributed by atoms with E-state index in [1.165, 1.54) is 0 Å². The third-order valence-electron chi connectivity index (χ3n) is 0.875. The highest BCUT2D eigenvalue weighted by Gasteiger charge is 2.03. The summed E-state index contributed by atoms with van der Waals surface area (Å²) in [5.41, 5.74) is 0.191. The van der Waals surface area contributed by atoms with Gasteiger partial charge in [0.05, 0.1) is 6.10 Å². The molecule has 0 saturated heterocycles. The van der Waals surface area contributed by atoms with Gasteiger partial charge < -0.3 is 5.11 Å². The predicted molar refractivity (Wildman–Crippen MR) is 40.3 cm³/mol. The van der Waals surface area contributed by atoms with Gasteiger partial charge in [0.15, 0.2) is 0 Å². The van der Waals surface area contributed by atoms with Gasteiger partial charge in [-0.25, -0.2) is 0 Å². The number of rotatable bonds is 1. The fourth-order valence-electron chi connectivity index (χ4n) is 0.428. The molecular formula is C8H16O. The SMILES string of the molecule is CC(O)/C=C\C(C)(C)C. The second kappa shape index (κ2) is 3.02. The van der Waals surface area contributed by atoms with E-state index >= 15 is 0 Å². The van der Waals surface area contributed by atoms with Crippen molar-refractivity contribution >= 4 is 0 Å². The van der Waals surface area contributed by atoms with Crippen molar-refractivity contribution in [3.8, 4) is 0 Å². The molecule has 0 radical (unpaired) electrons. The Labute approximate surface area is 57.4 Å². The van der Waals surface area contributed by atoms with Crippen LogP contribution < -0.4 is 0 Å². The van der Waals surface area contributed by atoms with Crippen LogP contribution in [0.25, 0.3) is 0 Å². The van der Waals surface area contributed by atoms with Gasteiger partial charge >= 0.3 is 0 Å². The van der Waals surface area contributed by atoms with Crippen molar-refractivity contribution in [3.05, 3.63) is 12.2 Å². The highest BCUT2D eigenvalue weighted by atomic mass is 16.3. The summed E-state index contributed by atoms with van der Waals surface area (Å²) in [7, 11) is 0. The Morgan fingerprint density at radius 3 is 1.89 bits per heavy atom. The molecule has 1 nitrogen and oxygen atoms in total. The Morgan fingerprint density at radius 2 is 1.78 bits per heavy atom. The molecule has 0 aliphatic carbocycles. The standard InChI is InChI=1S/C8H16O/c1-7(9)5-6-8(2,3)4/h5-7,9H,1-4H3/b6-5-. The molecule has 0 bridgehead atoms. The van der Waals surface area contributed by atoms with E-state index in [-0.39, 0.29) is 11.5 Å². The molecule has 0 aromatic carbocycles. The molecule has 0 spiro atoms. The van der Waals surface area contributed by atoms with Crippen molar-refractivity contribution in [2.24, 2.45) is 5.41 Å². The van der Waals surface area contributed by atoms with Crippen LogP contribution in [0.15, 0.2) is 12.2 Å². The molecule has 1 atom stereocenters. The van der Waals surface area contributed by atoms with Crippen LogP contribution >= 0.6 is 0 Å². The molecule has 0 aliphatic rings. The minimum Gasteiger partial charge on any atom is -0.389 e. The smallest absolute Gasteiger partial charge is 0.0692 e. The van der Waals surface area contributed by atoms with E-state index in [9.17, 15) is 0 Å². The molecule has 0 fully saturated rings. The van der Waals surface area contributed by atoms with Gasteiger partial charge in [-0.2, -0.15) is 0 Å². The van der Waals surface area contributed by atoms with Gasteiger partial charge in [-0.1, -0.05) is 32.9 Å². The molecule has 1 unspecified atom stereocenters. The zero-order chi connectivity index (χ0) is 7.49. The third kappa shape index (κ3) is 7.70. The lowest BCUT2D eigenvalue weighted by molar-refractivity contribution is 0.242. The summed E-state index contributed by atoms with van der Waals surface area (Å²) >= 11 is 0. The Balaban J connectivity index is 3.71. The number of allylic oxidation sites excluding steroid dienone is 1. The minimum atomic E-state index is -0.316. The lowest BCUT2D eigenvalue weighted by Gasteiger charge is -2.11. The van der Waals surface area contributed by atoms with Crippen LogP contribution in [0.1, 0.15) is 27.7 Å². The van der Waals surface area contributed by atoms with Crippen molar-refractivity contribution in [1.82, 2.24) is 0 Å². The van der Waals surface area contributed by atoms with E-state index in [2.05, 4.69) is 20.8 Å².